The van der Waals surface area contributed by atoms with Crippen LogP contribution in [0.2, 0.25) is 5.02 Å². The van der Waals surface area contributed by atoms with Crippen molar-refractivity contribution in [2.75, 3.05) is 57.3 Å². The number of pyridine rings is 1. The number of nitro groups is 1. The molecule has 0 saturated carbocycles. The second kappa shape index (κ2) is 18.4. The highest BCUT2D eigenvalue weighted by atomic mass is 35.5. The monoisotopic (exact) mass is 935 g/mol. The van der Waals surface area contributed by atoms with Gasteiger partial charge in [0.05, 0.1) is 33.7 Å². The van der Waals surface area contributed by atoms with Gasteiger partial charge in [-0.15, -0.1) is 0 Å². The number of allylic oxidation sites excluding steroid dienone is 1. The van der Waals surface area contributed by atoms with E-state index < -0.39 is 31.4 Å². The average Bonchev–Trinajstić information content (AvgIpc) is 3.77. The van der Waals surface area contributed by atoms with E-state index in [2.05, 4.69) is 50.5 Å². The lowest BCUT2D eigenvalue weighted by Crippen LogP contribution is -2.47. The Labute approximate surface area is 389 Å². The summed E-state index contributed by atoms with van der Waals surface area (Å²) in [5.41, 5.74) is 5.62. The number of halogens is 1. The van der Waals surface area contributed by atoms with Gasteiger partial charge in [-0.3, -0.25) is 24.6 Å². The minimum Gasteiger partial charge on any atom is -0.493 e. The van der Waals surface area contributed by atoms with Gasteiger partial charge in [0.2, 0.25) is 5.91 Å². The fourth-order valence-corrected chi connectivity index (χ4v) is 11.1. The van der Waals surface area contributed by atoms with Crippen LogP contribution in [0.5, 0.6) is 17.2 Å². The van der Waals surface area contributed by atoms with Gasteiger partial charge < -0.3 is 24.3 Å². The summed E-state index contributed by atoms with van der Waals surface area (Å²) in [6.07, 6.45) is 8.28. The summed E-state index contributed by atoms with van der Waals surface area (Å²) in [5, 5.41) is 13.9. The Hall–Kier alpha value is -5.97. The number of rotatable bonds is 11. The number of likely N-dealkylation sites (tertiary alicyclic amines) is 1. The highest BCUT2D eigenvalue weighted by Crippen LogP contribution is 2.44. The van der Waals surface area contributed by atoms with Crippen LogP contribution in [-0.2, 0) is 21.2 Å². The summed E-state index contributed by atoms with van der Waals surface area (Å²) in [6.45, 7) is 11.6. The number of amides is 2. The molecule has 15 nitrogen and oxygen atoms in total. The van der Waals surface area contributed by atoms with Crippen LogP contribution in [-0.4, -0.2) is 97.3 Å². The summed E-state index contributed by atoms with van der Waals surface area (Å²) in [4.78, 5) is 51.3. The van der Waals surface area contributed by atoms with Crippen LogP contribution in [0.25, 0.3) is 16.6 Å². The van der Waals surface area contributed by atoms with Gasteiger partial charge in [-0.1, -0.05) is 43.2 Å². The van der Waals surface area contributed by atoms with Gasteiger partial charge >= 0.3 is 0 Å². The second-order valence-electron chi connectivity index (χ2n) is 18.8. The molecule has 0 bridgehead atoms. The Kier molecular flexibility index (Phi) is 12.6. The summed E-state index contributed by atoms with van der Waals surface area (Å²) in [6, 6.07) is 19.1. The van der Waals surface area contributed by atoms with Gasteiger partial charge in [0, 0.05) is 99.1 Å². The van der Waals surface area contributed by atoms with Crippen molar-refractivity contribution in [3.05, 3.63) is 117 Å². The van der Waals surface area contributed by atoms with Crippen molar-refractivity contribution < 1.29 is 32.4 Å². The molecule has 2 fully saturated rings. The van der Waals surface area contributed by atoms with Crippen molar-refractivity contribution in [2.45, 2.75) is 64.2 Å². The number of benzene rings is 3. The zero-order chi connectivity index (χ0) is 46.3. The van der Waals surface area contributed by atoms with Crippen LogP contribution in [0.3, 0.4) is 0 Å². The number of nitro benzene ring substituents is 1. The topological polar surface area (TPSA) is 180 Å². The predicted molar refractivity (Wildman–Crippen MR) is 253 cm³/mol. The Balaban J connectivity index is 0.935. The summed E-state index contributed by atoms with van der Waals surface area (Å²) in [7, 11) is -4.65. The molecule has 66 heavy (non-hydrogen) atoms. The highest BCUT2D eigenvalue weighted by molar-refractivity contribution is 7.90. The molecule has 0 spiro atoms. The number of fused-ring (bicyclic) bond motifs is 2. The number of aromatic amines is 1. The molecule has 9 rings (SSSR count). The number of carbonyl (C=O) groups excluding carboxylic acids is 2. The van der Waals surface area contributed by atoms with Crippen LogP contribution in [0.15, 0.2) is 89.6 Å². The van der Waals surface area contributed by atoms with E-state index >= 15 is 0 Å². The Morgan fingerprint density at radius 1 is 1.00 bits per heavy atom. The molecule has 2 amide bonds. The van der Waals surface area contributed by atoms with E-state index in [9.17, 15) is 28.1 Å². The number of aromatic nitrogens is 2. The first kappa shape index (κ1) is 45.2. The maximum Gasteiger partial charge on any atom is 0.277 e. The Morgan fingerprint density at radius 3 is 2.48 bits per heavy atom. The summed E-state index contributed by atoms with van der Waals surface area (Å²) >= 11 is 6.25. The van der Waals surface area contributed by atoms with E-state index in [0.717, 1.165) is 73.9 Å². The lowest BCUT2D eigenvalue weighted by atomic mass is 9.72. The maximum atomic E-state index is 14.1. The van der Waals surface area contributed by atoms with E-state index in [0.29, 0.717) is 49.6 Å². The lowest BCUT2D eigenvalue weighted by Gasteiger charge is -2.39. The van der Waals surface area contributed by atoms with E-state index in [1.54, 1.807) is 36.2 Å². The van der Waals surface area contributed by atoms with E-state index in [-0.39, 0.29) is 46.8 Å². The van der Waals surface area contributed by atoms with Gasteiger partial charge in [-0.05, 0) is 97.4 Å². The number of nitrogens with one attached hydrogen (secondary N) is 2. The molecule has 5 aromatic rings. The molecule has 4 aliphatic rings. The molecule has 2 N–H and O–H groups in total. The van der Waals surface area contributed by atoms with Crippen molar-refractivity contribution in [3.63, 3.8) is 0 Å². The van der Waals surface area contributed by atoms with Gasteiger partial charge in [-0.2, -0.15) is 0 Å². The second-order valence-corrected chi connectivity index (χ2v) is 20.9. The van der Waals surface area contributed by atoms with Crippen molar-refractivity contribution in [2.24, 2.45) is 17.3 Å². The number of carbonyl (C=O) groups is 2. The van der Waals surface area contributed by atoms with Crippen LogP contribution in [0, 0.1) is 27.4 Å². The molecule has 0 unspecified atom stereocenters. The number of sulfonamides is 1. The molecule has 5 heterocycles. The molecule has 2 aromatic heterocycles. The lowest BCUT2D eigenvalue weighted by molar-refractivity contribution is -0.386. The molecule has 3 aliphatic heterocycles. The molecule has 3 aromatic carbocycles. The molecule has 17 heteroatoms. The number of hydrogen-bond acceptors (Lipinski definition) is 11. The number of piperazine rings is 1. The quantitative estimate of drug-likeness (QED) is 0.0956. The zero-order valence-corrected chi connectivity index (χ0v) is 38.9. The molecule has 1 atom stereocenters. The number of hydrogen-bond donors (Lipinski definition) is 2. The van der Waals surface area contributed by atoms with Gasteiger partial charge in [0.15, 0.2) is 0 Å². The largest absolute Gasteiger partial charge is 0.493 e. The molecule has 1 aliphatic carbocycles. The standard InChI is InChI=1S/C49H54ClN7O8S/c1-31(58)55-16-12-32(13-17-55)36-23-42-44(57(60)61)25-40(26-45(42)64-30-36)66(62,63)53-48(59)41-9-8-38(24-46(41)65-39-22-34-11-15-51-47(34)52-28-39)56-20-18-54(19-21-56)29-35-10-14-49(2,3)27-43(35)33-4-6-37(50)7-5-33/h4-9,11,15,22,24-26,28,32,36H,10,12-14,16-21,23,27,29-30H2,1-3H3,(H,51,52)(H,53,59)/t36-/m0/s1. The third kappa shape index (κ3) is 9.76. The smallest absolute Gasteiger partial charge is 0.277 e. The SMILES string of the molecule is CC(=O)N1CCC([C@@H]2COc3cc(S(=O)(=O)NC(=O)c4ccc(N5CCN(CC6=C(c7ccc(Cl)cc7)CC(C)(C)CC6)CC5)cc4Oc4cnc5[nH]ccc5c4)cc([N+](=O)[O-])c3C2)CC1. The third-order valence-corrected chi connectivity index (χ3v) is 15.4. The zero-order valence-electron chi connectivity index (χ0n) is 37.3. The van der Waals surface area contributed by atoms with Crippen LogP contribution in [0.4, 0.5) is 11.4 Å². The Bertz CT molecular complexity index is 2830. The van der Waals surface area contributed by atoms with Gasteiger partial charge in [0.1, 0.15) is 22.9 Å². The first-order valence-corrected chi connectivity index (χ1v) is 24.4. The van der Waals surface area contributed by atoms with Crippen LogP contribution in [0.1, 0.15) is 74.4 Å². The predicted octanol–water partition coefficient (Wildman–Crippen LogP) is 8.63. The van der Waals surface area contributed by atoms with Gasteiger partial charge in [-0.25, -0.2) is 18.1 Å². The van der Waals surface area contributed by atoms with E-state index in [1.807, 2.05) is 18.2 Å². The first-order chi connectivity index (χ1) is 31.6. The summed E-state index contributed by atoms with van der Waals surface area (Å²) in [5.74, 6) is -0.255. The number of ether oxygens (including phenoxy) is 2. The van der Waals surface area contributed by atoms with Crippen LogP contribution < -0.4 is 19.1 Å². The maximum absolute atomic E-state index is 14.1. The molecule has 2 saturated heterocycles. The fraction of sp³-hybridized carbons (Fsp3) is 0.408. The average molecular weight is 937 g/mol. The fourth-order valence-electron chi connectivity index (χ4n) is 9.98. The highest BCUT2D eigenvalue weighted by Gasteiger charge is 2.37. The minimum absolute atomic E-state index is 0.0186. The minimum atomic E-state index is -4.65. The van der Waals surface area contributed by atoms with Crippen molar-refractivity contribution >= 4 is 61.4 Å². The van der Waals surface area contributed by atoms with Crippen molar-refractivity contribution in [1.82, 2.24) is 24.5 Å². The first-order valence-electron chi connectivity index (χ1n) is 22.5. The summed E-state index contributed by atoms with van der Waals surface area (Å²) < 4.78 is 42.5. The van der Waals surface area contributed by atoms with Crippen molar-refractivity contribution in [1.29, 1.82) is 0 Å². The van der Waals surface area contributed by atoms with Crippen LogP contribution >= 0.6 is 11.6 Å². The molecular weight excluding hydrogens is 882 g/mol. The van der Waals surface area contributed by atoms with E-state index in [4.69, 9.17) is 21.1 Å². The molecule has 0 radical (unpaired) electrons. The number of anilines is 1. The molecule has 346 valence electrons. The normalized spacial score (nSPS) is 19.3. The number of piperidine rings is 1. The van der Waals surface area contributed by atoms with Gasteiger partial charge in [0.25, 0.3) is 21.6 Å². The number of nitrogens with zero attached hydrogens (tertiary/aromatic N) is 5. The molecular formula is C49H54ClN7O8S. The van der Waals surface area contributed by atoms with Crippen molar-refractivity contribution in [3.8, 4) is 17.2 Å². The van der Waals surface area contributed by atoms with E-state index in [1.165, 1.54) is 35.0 Å². The third-order valence-electron chi connectivity index (χ3n) is 13.8. The number of H-pyrrole nitrogens is 1. The Morgan fingerprint density at radius 2 is 1.76 bits per heavy atom.